The number of aryl methyl sites for hydroxylation is 1. The molecule has 0 fully saturated rings. The first kappa shape index (κ1) is 9.38. The number of nitrogens with one attached hydrogen (secondary N) is 2. The number of hydrogen-bond acceptors (Lipinski definition) is 3. The first-order valence-electron chi connectivity index (χ1n) is 3.99. The van der Waals surface area contributed by atoms with Crippen molar-refractivity contribution in [3.63, 3.8) is 0 Å². The minimum Gasteiger partial charge on any atom is -0.373 e. The summed E-state index contributed by atoms with van der Waals surface area (Å²) in [6.07, 6.45) is 5.58. The second-order valence-corrected chi connectivity index (χ2v) is 2.67. The van der Waals surface area contributed by atoms with Crippen molar-refractivity contribution in [2.45, 2.75) is 0 Å². The number of nitrogens with zero attached hydrogens (tertiary/aromatic N) is 2. The Morgan fingerprint density at radius 2 is 2.46 bits per heavy atom. The molecule has 0 aliphatic heterocycles. The molecule has 2 N–H and O–H groups in total. The molecule has 0 amide bonds. The van der Waals surface area contributed by atoms with Crippen LogP contribution in [0.4, 0.5) is 5.69 Å². The molecule has 4 nitrogen and oxygen atoms in total. The average molecular weight is 178 g/mol. The van der Waals surface area contributed by atoms with Gasteiger partial charge in [0.25, 0.3) is 0 Å². The maximum atomic E-state index is 3.67. The molecule has 0 saturated heterocycles. The number of anilines is 1. The Balaban J connectivity index is 2.67. The van der Waals surface area contributed by atoms with Gasteiger partial charge in [-0.25, -0.2) is 0 Å². The molecule has 0 unspecified atom stereocenters. The lowest BCUT2D eigenvalue weighted by atomic mass is 10.5. The van der Waals surface area contributed by atoms with Gasteiger partial charge >= 0.3 is 0 Å². The third-order valence-electron chi connectivity index (χ3n) is 1.60. The van der Waals surface area contributed by atoms with Crippen LogP contribution in [0.1, 0.15) is 0 Å². The molecule has 13 heavy (non-hydrogen) atoms. The maximum absolute atomic E-state index is 3.67. The molecule has 0 aromatic carbocycles. The highest BCUT2D eigenvalue weighted by atomic mass is 15.1. The molecule has 0 aliphatic carbocycles. The van der Waals surface area contributed by atoms with Crippen LogP contribution in [0.3, 0.4) is 0 Å². The van der Waals surface area contributed by atoms with Crippen LogP contribution in [0.25, 0.3) is 0 Å². The number of hydrogen-bond donors (Lipinski definition) is 2. The molecule has 1 heterocycles. The minimum absolute atomic E-state index is 0.821. The highest BCUT2D eigenvalue weighted by Crippen LogP contribution is 2.08. The van der Waals surface area contributed by atoms with E-state index in [1.165, 1.54) is 0 Å². The number of aliphatic imine (C=N–C) groups is 1. The number of rotatable bonds is 4. The predicted octanol–water partition coefficient (Wildman–Crippen LogP) is 1.16. The van der Waals surface area contributed by atoms with Gasteiger partial charge in [-0.15, -0.1) is 0 Å². The second-order valence-electron chi connectivity index (χ2n) is 2.67. The highest BCUT2D eigenvalue weighted by molar-refractivity contribution is 5.46. The molecule has 70 valence electrons. The molecule has 0 bridgehead atoms. The molecule has 0 spiro atoms. The van der Waals surface area contributed by atoms with Crippen LogP contribution in [-0.4, -0.2) is 18.3 Å². The molecule has 0 atom stereocenters. The summed E-state index contributed by atoms with van der Waals surface area (Å²) in [4.78, 5) is 3.67. The van der Waals surface area contributed by atoms with Crippen molar-refractivity contribution in [3.05, 3.63) is 30.5 Å². The fraction of sp³-hybridized carbons (Fsp3) is 0.222. The lowest BCUT2D eigenvalue weighted by molar-refractivity contribution is 0.926. The van der Waals surface area contributed by atoms with Crippen molar-refractivity contribution < 1.29 is 0 Å². The first-order valence-corrected chi connectivity index (χ1v) is 3.99. The smallest absolute Gasteiger partial charge is 0.122 e. The van der Waals surface area contributed by atoms with Gasteiger partial charge in [-0.1, -0.05) is 0 Å². The van der Waals surface area contributed by atoms with E-state index in [9.17, 15) is 0 Å². The van der Waals surface area contributed by atoms with Crippen molar-refractivity contribution in [2.75, 3.05) is 12.4 Å². The quantitative estimate of drug-likeness (QED) is 0.679. The van der Waals surface area contributed by atoms with E-state index in [1.807, 2.05) is 37.1 Å². The molecule has 1 aromatic rings. The average Bonchev–Trinajstić information content (AvgIpc) is 2.50. The summed E-state index contributed by atoms with van der Waals surface area (Å²) in [5.41, 5.74) is 1.02. The zero-order valence-corrected chi connectivity index (χ0v) is 7.91. The van der Waals surface area contributed by atoms with Crippen LogP contribution < -0.4 is 10.6 Å². The normalized spacial score (nSPS) is 11.1. The molecule has 0 saturated carbocycles. The Kier molecular flexibility index (Phi) is 3.14. The molecule has 1 aromatic heterocycles. The molecule has 1 rings (SSSR count). The third kappa shape index (κ3) is 2.66. The Bertz CT molecular complexity index is 311. The van der Waals surface area contributed by atoms with Crippen molar-refractivity contribution in [1.82, 2.24) is 9.88 Å². The SMILES string of the molecule is C=N/C=C(\NC)Nc1ccn(C)c1. The molecule has 4 heteroatoms. The van der Waals surface area contributed by atoms with E-state index in [2.05, 4.69) is 22.3 Å². The van der Waals surface area contributed by atoms with Gasteiger partial charge < -0.3 is 15.2 Å². The van der Waals surface area contributed by atoms with Gasteiger partial charge in [0.2, 0.25) is 0 Å². The van der Waals surface area contributed by atoms with Gasteiger partial charge in [0.05, 0.1) is 11.9 Å². The maximum Gasteiger partial charge on any atom is 0.122 e. The summed E-state index contributed by atoms with van der Waals surface area (Å²) >= 11 is 0. The van der Waals surface area contributed by atoms with Gasteiger partial charge in [0.15, 0.2) is 0 Å². The fourth-order valence-corrected chi connectivity index (χ4v) is 0.983. The topological polar surface area (TPSA) is 41.4 Å². The standard InChI is InChI=1S/C9H14N4/c1-10-6-9(11-2)12-8-4-5-13(3)7-8/h4-7,11-12H,1H2,2-3H3/b9-6+. The summed E-state index contributed by atoms with van der Waals surface area (Å²) in [6, 6.07) is 1.98. The summed E-state index contributed by atoms with van der Waals surface area (Å²) in [7, 11) is 3.80. The van der Waals surface area contributed by atoms with Crippen molar-refractivity contribution in [1.29, 1.82) is 0 Å². The zero-order valence-electron chi connectivity index (χ0n) is 7.91. The van der Waals surface area contributed by atoms with Gasteiger partial charge in [0.1, 0.15) is 5.82 Å². The van der Waals surface area contributed by atoms with Gasteiger partial charge in [-0.2, -0.15) is 0 Å². The molecular formula is C9H14N4. The Morgan fingerprint density at radius 3 is 2.92 bits per heavy atom. The van der Waals surface area contributed by atoms with Crippen LogP contribution in [0, 0.1) is 0 Å². The van der Waals surface area contributed by atoms with Crippen molar-refractivity contribution in [2.24, 2.45) is 12.0 Å². The Morgan fingerprint density at radius 1 is 1.69 bits per heavy atom. The fourth-order valence-electron chi connectivity index (χ4n) is 0.983. The van der Waals surface area contributed by atoms with Crippen LogP contribution >= 0.6 is 0 Å². The highest BCUT2D eigenvalue weighted by Gasteiger charge is 1.95. The summed E-state index contributed by atoms with van der Waals surface area (Å²) in [6.45, 7) is 3.38. The lowest BCUT2D eigenvalue weighted by Crippen LogP contribution is -2.13. The van der Waals surface area contributed by atoms with Crippen LogP contribution in [0.2, 0.25) is 0 Å². The van der Waals surface area contributed by atoms with E-state index >= 15 is 0 Å². The van der Waals surface area contributed by atoms with Crippen molar-refractivity contribution in [3.8, 4) is 0 Å². The first-order chi connectivity index (χ1) is 6.26. The van der Waals surface area contributed by atoms with Crippen LogP contribution in [0.15, 0.2) is 35.5 Å². The van der Waals surface area contributed by atoms with Gasteiger partial charge in [-0.3, -0.25) is 4.99 Å². The minimum atomic E-state index is 0.821. The Hall–Kier alpha value is -1.71. The van der Waals surface area contributed by atoms with E-state index < -0.39 is 0 Å². The summed E-state index contributed by atoms with van der Waals surface area (Å²) in [5, 5.41) is 6.11. The van der Waals surface area contributed by atoms with Gasteiger partial charge in [-0.05, 0) is 12.8 Å². The summed E-state index contributed by atoms with van der Waals surface area (Å²) in [5.74, 6) is 0.821. The predicted molar refractivity (Wildman–Crippen MR) is 55.7 cm³/mol. The molecular weight excluding hydrogens is 164 g/mol. The van der Waals surface area contributed by atoms with E-state index in [0.29, 0.717) is 0 Å². The van der Waals surface area contributed by atoms with Crippen molar-refractivity contribution >= 4 is 12.4 Å². The van der Waals surface area contributed by atoms with E-state index in [1.54, 1.807) is 6.20 Å². The Labute approximate surface area is 78.0 Å². The monoisotopic (exact) mass is 178 g/mol. The van der Waals surface area contributed by atoms with Crippen LogP contribution in [-0.2, 0) is 7.05 Å². The van der Waals surface area contributed by atoms with E-state index in [-0.39, 0.29) is 0 Å². The second kappa shape index (κ2) is 4.35. The molecule has 0 radical (unpaired) electrons. The number of aromatic nitrogens is 1. The zero-order chi connectivity index (χ0) is 9.68. The van der Waals surface area contributed by atoms with E-state index in [0.717, 1.165) is 11.5 Å². The largest absolute Gasteiger partial charge is 0.373 e. The van der Waals surface area contributed by atoms with Gasteiger partial charge in [0, 0.05) is 26.5 Å². The summed E-state index contributed by atoms with van der Waals surface area (Å²) < 4.78 is 1.97. The lowest BCUT2D eigenvalue weighted by Gasteiger charge is -2.06. The van der Waals surface area contributed by atoms with Crippen LogP contribution in [0.5, 0.6) is 0 Å². The van der Waals surface area contributed by atoms with E-state index in [4.69, 9.17) is 0 Å². The third-order valence-corrected chi connectivity index (χ3v) is 1.60. The molecule has 0 aliphatic rings.